The van der Waals surface area contributed by atoms with E-state index < -0.39 is 11.4 Å². The Hall–Kier alpha value is -1.13. The lowest BCUT2D eigenvalue weighted by Crippen LogP contribution is -2.52. The van der Waals surface area contributed by atoms with E-state index in [4.69, 9.17) is 17.3 Å². The number of amides is 1. The quantitative estimate of drug-likeness (QED) is 0.868. The van der Waals surface area contributed by atoms with Crippen molar-refractivity contribution < 1.29 is 9.18 Å². The van der Waals surface area contributed by atoms with Crippen LogP contribution in [-0.4, -0.2) is 11.4 Å². The second-order valence-electron chi connectivity index (χ2n) is 4.80. The molecule has 0 heterocycles. The predicted molar refractivity (Wildman–Crippen MR) is 70.0 cm³/mol. The van der Waals surface area contributed by atoms with Crippen LogP contribution in [-0.2, 0) is 4.79 Å². The fourth-order valence-electron chi connectivity index (χ4n) is 2.25. The number of carbonyl (C=O) groups excluding carboxylic acids is 1. The van der Waals surface area contributed by atoms with Crippen LogP contribution in [0.4, 0.5) is 10.1 Å². The minimum absolute atomic E-state index is 0.183. The lowest BCUT2D eigenvalue weighted by molar-refractivity contribution is -0.122. The maximum Gasteiger partial charge on any atom is 0.244 e. The number of hydrogen-bond acceptors (Lipinski definition) is 2. The molecule has 18 heavy (non-hydrogen) atoms. The molecule has 1 saturated carbocycles. The lowest BCUT2D eigenvalue weighted by atomic mass is 9.82. The summed E-state index contributed by atoms with van der Waals surface area (Å²) in [7, 11) is 0. The molecule has 1 fully saturated rings. The Kier molecular flexibility index (Phi) is 3.88. The molecule has 0 spiro atoms. The average molecular weight is 271 g/mol. The highest BCUT2D eigenvalue weighted by molar-refractivity contribution is 6.33. The molecule has 5 heteroatoms. The fourth-order valence-corrected chi connectivity index (χ4v) is 2.46. The third-order valence-electron chi connectivity index (χ3n) is 3.38. The van der Waals surface area contributed by atoms with Crippen LogP contribution in [0.5, 0.6) is 0 Å². The summed E-state index contributed by atoms with van der Waals surface area (Å²) < 4.78 is 12.9. The summed E-state index contributed by atoms with van der Waals surface area (Å²) in [6.07, 6.45) is 4.39. The Balaban J connectivity index is 2.11. The molecule has 1 aromatic rings. The zero-order valence-electron chi connectivity index (χ0n) is 10.0. The van der Waals surface area contributed by atoms with Crippen molar-refractivity contribution in [3.05, 3.63) is 29.0 Å². The van der Waals surface area contributed by atoms with Gasteiger partial charge in [-0.1, -0.05) is 30.9 Å². The Morgan fingerprint density at radius 3 is 2.61 bits per heavy atom. The van der Waals surface area contributed by atoms with Crippen molar-refractivity contribution in [1.82, 2.24) is 0 Å². The highest BCUT2D eigenvalue weighted by Crippen LogP contribution is 2.29. The Labute approximate surface area is 111 Å². The molecule has 0 atom stereocenters. The zero-order chi connectivity index (χ0) is 13.2. The molecule has 3 nitrogen and oxygen atoms in total. The van der Waals surface area contributed by atoms with Gasteiger partial charge in [0.2, 0.25) is 5.91 Å². The van der Waals surface area contributed by atoms with Crippen LogP contribution in [0.2, 0.25) is 5.02 Å². The molecule has 1 aliphatic rings. The van der Waals surface area contributed by atoms with Crippen LogP contribution in [0.1, 0.15) is 32.1 Å². The van der Waals surface area contributed by atoms with Crippen LogP contribution in [0.15, 0.2) is 18.2 Å². The Morgan fingerprint density at radius 2 is 2.00 bits per heavy atom. The van der Waals surface area contributed by atoms with Crippen LogP contribution in [0, 0.1) is 5.82 Å². The first-order valence-electron chi connectivity index (χ1n) is 6.07. The molecule has 0 bridgehead atoms. The van der Waals surface area contributed by atoms with E-state index in [0.717, 1.165) is 19.3 Å². The molecule has 0 radical (unpaired) electrons. The second-order valence-corrected chi connectivity index (χ2v) is 5.20. The second kappa shape index (κ2) is 5.24. The maximum absolute atomic E-state index is 12.9. The molecule has 1 aliphatic carbocycles. The third-order valence-corrected chi connectivity index (χ3v) is 3.69. The molecule has 0 aliphatic heterocycles. The summed E-state index contributed by atoms with van der Waals surface area (Å²) in [4.78, 5) is 12.1. The highest BCUT2D eigenvalue weighted by atomic mass is 35.5. The molecule has 2 rings (SSSR count). The first-order chi connectivity index (χ1) is 8.51. The van der Waals surface area contributed by atoms with Gasteiger partial charge in [-0.25, -0.2) is 4.39 Å². The van der Waals surface area contributed by atoms with Crippen molar-refractivity contribution in [2.24, 2.45) is 5.73 Å². The van der Waals surface area contributed by atoms with Gasteiger partial charge >= 0.3 is 0 Å². The van der Waals surface area contributed by atoms with E-state index in [9.17, 15) is 9.18 Å². The minimum atomic E-state index is -0.823. The number of anilines is 1. The van der Waals surface area contributed by atoms with Crippen LogP contribution >= 0.6 is 11.6 Å². The standard InChI is InChI=1S/C13H16ClFN2O/c14-10-8-9(15)4-5-11(10)17-12(18)13(16)6-2-1-3-7-13/h4-5,8H,1-3,6-7,16H2,(H,17,18). The van der Waals surface area contributed by atoms with Gasteiger partial charge < -0.3 is 11.1 Å². The number of benzene rings is 1. The number of nitrogens with two attached hydrogens (primary N) is 1. The summed E-state index contributed by atoms with van der Waals surface area (Å²) in [6.45, 7) is 0. The maximum atomic E-state index is 12.9. The molecule has 98 valence electrons. The number of rotatable bonds is 2. The van der Waals surface area contributed by atoms with Gasteiger partial charge in [-0.3, -0.25) is 4.79 Å². The van der Waals surface area contributed by atoms with E-state index in [-0.39, 0.29) is 10.9 Å². The van der Waals surface area contributed by atoms with Crippen molar-refractivity contribution in [1.29, 1.82) is 0 Å². The summed E-state index contributed by atoms with van der Waals surface area (Å²) in [5.41, 5.74) is 5.68. The van der Waals surface area contributed by atoms with Crippen LogP contribution < -0.4 is 11.1 Å². The van der Waals surface area contributed by atoms with Crippen LogP contribution in [0.25, 0.3) is 0 Å². The van der Waals surface area contributed by atoms with E-state index in [1.54, 1.807) is 0 Å². The normalized spacial score (nSPS) is 18.4. The third kappa shape index (κ3) is 2.82. The molecule has 1 aromatic carbocycles. The largest absolute Gasteiger partial charge is 0.323 e. The van der Waals surface area contributed by atoms with Gasteiger partial charge in [0.15, 0.2) is 0 Å². The van der Waals surface area contributed by atoms with Gasteiger partial charge in [-0.15, -0.1) is 0 Å². The van der Waals surface area contributed by atoms with E-state index in [2.05, 4.69) is 5.32 Å². The van der Waals surface area contributed by atoms with Crippen molar-refractivity contribution in [3.63, 3.8) is 0 Å². The monoisotopic (exact) mass is 270 g/mol. The van der Waals surface area contributed by atoms with Crippen molar-refractivity contribution in [2.75, 3.05) is 5.32 Å². The molecular weight excluding hydrogens is 255 g/mol. The van der Waals surface area contributed by atoms with Gasteiger partial charge in [-0.05, 0) is 31.0 Å². The van der Waals surface area contributed by atoms with E-state index in [1.807, 2.05) is 0 Å². The van der Waals surface area contributed by atoms with Gasteiger partial charge in [0, 0.05) is 0 Å². The number of carbonyl (C=O) groups is 1. The number of hydrogen-bond donors (Lipinski definition) is 2. The van der Waals surface area contributed by atoms with Gasteiger partial charge in [0.25, 0.3) is 0 Å². The average Bonchev–Trinajstić information content (AvgIpc) is 2.33. The van der Waals surface area contributed by atoms with Crippen LogP contribution in [0.3, 0.4) is 0 Å². The van der Waals surface area contributed by atoms with E-state index in [1.165, 1.54) is 18.2 Å². The summed E-state index contributed by atoms with van der Waals surface area (Å²) in [5.74, 6) is -0.672. The molecule has 0 unspecified atom stereocenters. The minimum Gasteiger partial charge on any atom is -0.323 e. The lowest BCUT2D eigenvalue weighted by Gasteiger charge is -2.31. The van der Waals surface area contributed by atoms with Gasteiger partial charge in [-0.2, -0.15) is 0 Å². The summed E-state index contributed by atoms with van der Waals surface area (Å²) >= 11 is 5.86. The first-order valence-corrected chi connectivity index (χ1v) is 6.44. The van der Waals surface area contributed by atoms with Crippen molar-refractivity contribution in [3.8, 4) is 0 Å². The predicted octanol–water partition coefficient (Wildman–Crippen LogP) is 3.08. The Bertz CT molecular complexity index is 458. The molecule has 0 aromatic heterocycles. The van der Waals surface area contributed by atoms with Gasteiger partial charge in [0.1, 0.15) is 5.82 Å². The Morgan fingerprint density at radius 1 is 1.33 bits per heavy atom. The topological polar surface area (TPSA) is 55.1 Å². The molecule has 1 amide bonds. The summed E-state index contributed by atoms with van der Waals surface area (Å²) in [5, 5.41) is 2.87. The molecule has 0 saturated heterocycles. The SMILES string of the molecule is NC1(C(=O)Nc2ccc(F)cc2Cl)CCCCC1. The number of halogens is 2. The summed E-state index contributed by atoms with van der Waals surface area (Å²) in [6, 6.07) is 3.87. The molecule has 3 N–H and O–H groups in total. The van der Waals surface area contributed by atoms with Crippen molar-refractivity contribution >= 4 is 23.2 Å². The van der Waals surface area contributed by atoms with E-state index in [0.29, 0.717) is 18.5 Å². The smallest absolute Gasteiger partial charge is 0.244 e. The fraction of sp³-hybridized carbons (Fsp3) is 0.462. The zero-order valence-corrected chi connectivity index (χ0v) is 10.8. The van der Waals surface area contributed by atoms with Gasteiger partial charge in [0.05, 0.1) is 16.2 Å². The first kappa shape index (κ1) is 13.3. The highest BCUT2D eigenvalue weighted by Gasteiger charge is 2.35. The molecular formula is C13H16ClFN2O. The van der Waals surface area contributed by atoms with E-state index >= 15 is 0 Å². The van der Waals surface area contributed by atoms with Crippen molar-refractivity contribution in [2.45, 2.75) is 37.6 Å². The number of nitrogens with one attached hydrogen (secondary N) is 1.